The lowest BCUT2D eigenvalue weighted by atomic mass is 9.96. The Bertz CT molecular complexity index is 751. The molecule has 1 unspecified atom stereocenters. The maximum Gasteiger partial charge on any atom is 0.321 e. The van der Waals surface area contributed by atoms with Crippen molar-refractivity contribution in [2.45, 2.75) is 31.8 Å². The average Bonchev–Trinajstić information content (AvgIpc) is 3.09. The van der Waals surface area contributed by atoms with Gasteiger partial charge in [-0.2, -0.15) is 0 Å². The molecule has 25 heavy (non-hydrogen) atoms. The van der Waals surface area contributed by atoms with Crippen molar-refractivity contribution in [3.05, 3.63) is 46.0 Å². The molecule has 6 nitrogen and oxygen atoms in total. The third-order valence-electron chi connectivity index (χ3n) is 4.97. The van der Waals surface area contributed by atoms with Crippen molar-refractivity contribution in [2.24, 2.45) is 5.92 Å². The van der Waals surface area contributed by atoms with Crippen molar-refractivity contribution in [3.63, 3.8) is 0 Å². The van der Waals surface area contributed by atoms with Crippen molar-refractivity contribution in [2.75, 3.05) is 13.1 Å². The summed E-state index contributed by atoms with van der Waals surface area (Å²) in [6.45, 7) is 1.56. The first-order chi connectivity index (χ1) is 12.2. The predicted molar refractivity (Wildman–Crippen MR) is 93.3 cm³/mol. The monoisotopic (exact) mass is 360 g/mol. The third-order valence-corrected chi connectivity index (χ3v) is 5.96. The van der Waals surface area contributed by atoms with Gasteiger partial charge < -0.3 is 14.6 Å². The van der Waals surface area contributed by atoms with Crippen molar-refractivity contribution < 1.29 is 18.9 Å². The Labute approximate surface area is 150 Å². The number of urea groups is 1. The van der Waals surface area contributed by atoms with E-state index in [4.69, 9.17) is 4.42 Å². The number of hydrogen-bond donors (Lipinski definition) is 3. The van der Waals surface area contributed by atoms with Crippen molar-refractivity contribution in [1.29, 1.82) is 0 Å². The number of fused-ring (bicyclic) bond motifs is 1. The lowest BCUT2D eigenvalue weighted by molar-refractivity contribution is -0.928. The van der Waals surface area contributed by atoms with E-state index in [0.717, 1.165) is 13.0 Å². The minimum atomic E-state index is -0.475. The van der Waals surface area contributed by atoms with E-state index in [1.54, 1.807) is 18.4 Å². The summed E-state index contributed by atoms with van der Waals surface area (Å²) in [6, 6.07) is 5.69. The molecule has 3 N–H and O–H groups in total. The molecule has 2 aromatic rings. The molecule has 0 aromatic carbocycles. The fraction of sp³-hybridized carbons (Fsp3) is 0.444. The first-order valence-corrected chi connectivity index (χ1v) is 9.59. The van der Waals surface area contributed by atoms with Crippen molar-refractivity contribution in [3.8, 4) is 0 Å². The number of amides is 3. The van der Waals surface area contributed by atoms with Gasteiger partial charge in [-0.05, 0) is 36.4 Å². The van der Waals surface area contributed by atoms with Gasteiger partial charge in [-0.3, -0.25) is 10.1 Å². The van der Waals surface area contributed by atoms with Gasteiger partial charge in [-0.1, -0.05) is 0 Å². The molecule has 0 saturated heterocycles. The number of thiophene rings is 1. The fourth-order valence-electron chi connectivity index (χ4n) is 3.70. The Morgan fingerprint density at radius 1 is 1.32 bits per heavy atom. The zero-order chi connectivity index (χ0) is 17.2. The van der Waals surface area contributed by atoms with E-state index in [1.807, 2.05) is 11.3 Å². The number of quaternary nitrogens is 1. The number of furan rings is 1. The highest BCUT2D eigenvalue weighted by Crippen LogP contribution is 2.42. The van der Waals surface area contributed by atoms with Crippen molar-refractivity contribution >= 4 is 23.3 Å². The van der Waals surface area contributed by atoms with E-state index in [9.17, 15) is 9.59 Å². The Kier molecular flexibility index (Phi) is 4.59. The second-order valence-corrected chi connectivity index (χ2v) is 7.76. The smallest absolute Gasteiger partial charge is 0.321 e. The Morgan fingerprint density at radius 2 is 2.20 bits per heavy atom. The Hall–Kier alpha value is -2.12. The van der Waals surface area contributed by atoms with E-state index < -0.39 is 6.03 Å². The highest BCUT2D eigenvalue weighted by Gasteiger charge is 2.43. The van der Waals surface area contributed by atoms with Gasteiger partial charge in [0.15, 0.2) is 6.54 Å². The van der Waals surface area contributed by atoms with Crippen LogP contribution in [0.2, 0.25) is 0 Å². The lowest BCUT2D eigenvalue weighted by Crippen LogP contribution is -3.14. The maximum atomic E-state index is 12.3. The summed E-state index contributed by atoms with van der Waals surface area (Å²) in [5, 5.41) is 7.24. The number of hydrogen-bond acceptors (Lipinski definition) is 4. The van der Waals surface area contributed by atoms with Crippen LogP contribution in [0.3, 0.4) is 0 Å². The van der Waals surface area contributed by atoms with Gasteiger partial charge in [0, 0.05) is 22.8 Å². The molecule has 132 valence electrons. The molecule has 2 atom stereocenters. The third kappa shape index (κ3) is 3.77. The Balaban J connectivity index is 1.32. The summed E-state index contributed by atoms with van der Waals surface area (Å²) in [6.07, 6.45) is 5.06. The predicted octanol–water partition coefficient (Wildman–Crippen LogP) is 1.26. The first kappa shape index (κ1) is 16.4. The summed E-state index contributed by atoms with van der Waals surface area (Å²) in [5.41, 5.74) is 1.42. The molecule has 1 fully saturated rings. The van der Waals surface area contributed by atoms with Crippen LogP contribution >= 0.6 is 11.3 Å². The van der Waals surface area contributed by atoms with E-state index in [-0.39, 0.29) is 12.5 Å². The topological polar surface area (TPSA) is 75.8 Å². The van der Waals surface area contributed by atoms with Crippen LogP contribution in [-0.2, 0) is 17.8 Å². The van der Waals surface area contributed by atoms with Crippen LogP contribution in [0.15, 0.2) is 34.3 Å². The summed E-state index contributed by atoms with van der Waals surface area (Å²) in [7, 11) is 0. The number of carbonyl (C=O) groups excluding carboxylic acids is 2. The molecule has 1 aliphatic carbocycles. The molecule has 2 aromatic heterocycles. The zero-order valence-electron chi connectivity index (χ0n) is 13.9. The van der Waals surface area contributed by atoms with Crippen LogP contribution in [0.25, 0.3) is 0 Å². The van der Waals surface area contributed by atoms with Gasteiger partial charge in [0.05, 0.1) is 19.4 Å². The quantitative estimate of drug-likeness (QED) is 0.751. The lowest BCUT2D eigenvalue weighted by Gasteiger charge is -2.32. The minimum Gasteiger partial charge on any atom is -0.467 e. The fourth-order valence-corrected chi connectivity index (χ4v) is 4.63. The maximum absolute atomic E-state index is 12.3. The number of nitrogens with one attached hydrogen (secondary N) is 3. The summed E-state index contributed by atoms with van der Waals surface area (Å²) in [4.78, 5) is 26.9. The van der Waals surface area contributed by atoms with Crippen LogP contribution in [0, 0.1) is 5.92 Å². The SMILES string of the molecule is O=C(C[NH+]1CCc2sccc2[C@@H]1C1CC1)NC(=O)NCc1ccco1. The minimum absolute atomic E-state index is 0.226. The van der Waals surface area contributed by atoms with E-state index >= 15 is 0 Å². The summed E-state index contributed by atoms with van der Waals surface area (Å²) < 4.78 is 5.15. The highest BCUT2D eigenvalue weighted by atomic mass is 32.1. The van der Waals surface area contributed by atoms with Gasteiger partial charge in [0.2, 0.25) is 0 Å². The summed E-state index contributed by atoms with van der Waals surface area (Å²) in [5.74, 6) is 1.11. The summed E-state index contributed by atoms with van der Waals surface area (Å²) >= 11 is 1.82. The van der Waals surface area contributed by atoms with Gasteiger partial charge in [0.1, 0.15) is 11.8 Å². The van der Waals surface area contributed by atoms with E-state index in [1.165, 1.54) is 28.2 Å². The van der Waals surface area contributed by atoms with Gasteiger partial charge >= 0.3 is 6.03 Å². The number of rotatable bonds is 5. The molecule has 1 saturated carbocycles. The molecule has 7 heteroatoms. The molecule has 0 spiro atoms. The largest absolute Gasteiger partial charge is 0.467 e. The van der Waals surface area contributed by atoms with Gasteiger partial charge in [-0.25, -0.2) is 4.79 Å². The second kappa shape index (κ2) is 7.01. The molecule has 3 heterocycles. The van der Waals surface area contributed by atoms with E-state index in [0.29, 0.717) is 24.3 Å². The van der Waals surface area contributed by atoms with Gasteiger partial charge in [0.25, 0.3) is 5.91 Å². The van der Waals surface area contributed by atoms with Crippen LogP contribution in [0.5, 0.6) is 0 Å². The zero-order valence-corrected chi connectivity index (χ0v) is 14.7. The van der Waals surface area contributed by atoms with Crippen molar-refractivity contribution in [1.82, 2.24) is 10.6 Å². The van der Waals surface area contributed by atoms with Crippen LogP contribution < -0.4 is 15.5 Å². The first-order valence-electron chi connectivity index (χ1n) is 8.71. The molecule has 1 aliphatic heterocycles. The molecular weight excluding hydrogens is 338 g/mol. The second-order valence-electron chi connectivity index (χ2n) is 6.76. The molecular formula is C18H22N3O3S+. The average molecular weight is 360 g/mol. The molecule has 0 radical (unpaired) electrons. The number of carbonyl (C=O) groups is 2. The number of imide groups is 1. The van der Waals surface area contributed by atoms with Gasteiger partial charge in [-0.15, -0.1) is 11.3 Å². The molecule has 4 rings (SSSR count). The van der Waals surface area contributed by atoms with Crippen LogP contribution in [0.1, 0.15) is 35.1 Å². The Morgan fingerprint density at radius 3 is 2.96 bits per heavy atom. The molecule has 0 bridgehead atoms. The van der Waals surface area contributed by atoms with Crippen LogP contribution in [-0.4, -0.2) is 25.0 Å². The highest BCUT2D eigenvalue weighted by molar-refractivity contribution is 7.10. The normalized spacial score (nSPS) is 22.2. The van der Waals surface area contributed by atoms with Crippen LogP contribution in [0.4, 0.5) is 4.79 Å². The standard InChI is InChI=1S/C18H21N3O3S/c22-16(20-18(23)19-10-13-2-1-8-24-13)11-21-7-5-15-14(6-9-25-15)17(21)12-3-4-12/h1-2,6,8-9,12,17H,3-5,7,10-11H2,(H2,19,20,22,23)/p+1/t17-/m0/s1. The van der Waals surface area contributed by atoms with E-state index in [2.05, 4.69) is 22.1 Å². The molecule has 2 aliphatic rings. The molecule has 3 amide bonds.